The number of anilines is 3. The van der Waals surface area contributed by atoms with Crippen LogP contribution < -0.4 is 10.2 Å². The predicted octanol–water partition coefficient (Wildman–Crippen LogP) is 4.21. The maximum absolute atomic E-state index is 12.2. The number of nitrogens with one attached hydrogen (secondary N) is 1. The molecule has 0 aliphatic carbocycles. The molecule has 3 aromatic rings. The van der Waals surface area contributed by atoms with Gasteiger partial charge in [-0.25, -0.2) is 4.79 Å². The molecule has 0 saturated carbocycles. The zero-order valence-corrected chi connectivity index (χ0v) is 16.9. The Hall–Kier alpha value is -3.48. The van der Waals surface area contributed by atoms with Crippen molar-refractivity contribution in [3.63, 3.8) is 0 Å². The minimum atomic E-state index is -0.396. The number of carbonyl (C=O) groups is 1. The van der Waals surface area contributed by atoms with Crippen molar-refractivity contribution in [2.75, 3.05) is 16.8 Å². The number of ether oxygens (including phenoxy) is 1. The Bertz CT molecular complexity index is 947. The van der Waals surface area contributed by atoms with Crippen molar-refractivity contribution in [2.45, 2.75) is 33.4 Å². The number of carbonyl (C=O) groups excluding carboxylic acids is 1. The number of para-hydroxylation sites is 1. The largest absolute Gasteiger partial charge is 0.462 e. The molecule has 0 spiro atoms. The molecular weight excluding hydrogens is 366 g/mol. The van der Waals surface area contributed by atoms with Gasteiger partial charge in [0.1, 0.15) is 0 Å². The Morgan fingerprint density at radius 1 is 1.10 bits per heavy atom. The quantitative estimate of drug-likeness (QED) is 0.576. The van der Waals surface area contributed by atoms with Crippen LogP contribution in [-0.4, -0.2) is 33.8 Å². The molecule has 0 amide bonds. The SMILES string of the molecule is CCOC(=O)c1ccccc1Nc1nncc(N(Cc2ccccc2)C(C)C)n1. The van der Waals surface area contributed by atoms with Gasteiger partial charge in [0.2, 0.25) is 5.95 Å². The van der Waals surface area contributed by atoms with E-state index >= 15 is 0 Å². The molecule has 0 saturated heterocycles. The lowest BCUT2D eigenvalue weighted by Crippen LogP contribution is -2.31. The van der Waals surface area contributed by atoms with E-state index in [2.05, 4.69) is 51.4 Å². The van der Waals surface area contributed by atoms with E-state index in [1.165, 1.54) is 5.56 Å². The predicted molar refractivity (Wildman–Crippen MR) is 113 cm³/mol. The highest BCUT2D eigenvalue weighted by Gasteiger charge is 2.16. The van der Waals surface area contributed by atoms with Gasteiger partial charge < -0.3 is 15.0 Å². The van der Waals surface area contributed by atoms with Crippen LogP contribution in [0, 0.1) is 0 Å². The van der Waals surface area contributed by atoms with Crippen molar-refractivity contribution >= 4 is 23.4 Å². The Kier molecular flexibility index (Phi) is 6.73. The van der Waals surface area contributed by atoms with Gasteiger partial charge in [0.15, 0.2) is 5.82 Å². The van der Waals surface area contributed by atoms with Crippen LogP contribution in [-0.2, 0) is 11.3 Å². The van der Waals surface area contributed by atoms with E-state index in [1.54, 1.807) is 31.3 Å². The van der Waals surface area contributed by atoms with Crippen LogP contribution in [0.25, 0.3) is 0 Å². The molecule has 3 rings (SSSR count). The van der Waals surface area contributed by atoms with Gasteiger partial charge in [-0.15, -0.1) is 5.10 Å². The smallest absolute Gasteiger partial charge is 0.340 e. The molecule has 2 aromatic carbocycles. The van der Waals surface area contributed by atoms with Crippen molar-refractivity contribution < 1.29 is 9.53 Å². The summed E-state index contributed by atoms with van der Waals surface area (Å²) in [6.45, 7) is 7.00. The molecule has 0 aliphatic heterocycles. The maximum Gasteiger partial charge on any atom is 0.340 e. The highest BCUT2D eigenvalue weighted by molar-refractivity contribution is 5.96. The lowest BCUT2D eigenvalue weighted by atomic mass is 10.2. The first-order valence-electron chi connectivity index (χ1n) is 9.62. The third kappa shape index (κ3) is 5.28. The summed E-state index contributed by atoms with van der Waals surface area (Å²) in [6, 6.07) is 17.5. The van der Waals surface area contributed by atoms with Gasteiger partial charge in [0, 0.05) is 12.6 Å². The summed E-state index contributed by atoms with van der Waals surface area (Å²) >= 11 is 0. The van der Waals surface area contributed by atoms with Crippen molar-refractivity contribution in [2.24, 2.45) is 0 Å². The Morgan fingerprint density at radius 3 is 2.55 bits per heavy atom. The molecule has 0 radical (unpaired) electrons. The Morgan fingerprint density at radius 2 is 1.83 bits per heavy atom. The van der Waals surface area contributed by atoms with Crippen molar-refractivity contribution in [3.8, 4) is 0 Å². The third-order valence-corrected chi connectivity index (χ3v) is 4.33. The fraction of sp³-hybridized carbons (Fsp3) is 0.273. The Labute approximate surface area is 170 Å². The molecule has 29 heavy (non-hydrogen) atoms. The van der Waals surface area contributed by atoms with E-state index in [4.69, 9.17) is 4.74 Å². The molecular formula is C22H25N5O2. The monoisotopic (exact) mass is 391 g/mol. The highest BCUT2D eigenvalue weighted by atomic mass is 16.5. The summed E-state index contributed by atoms with van der Waals surface area (Å²) in [5, 5.41) is 11.3. The topological polar surface area (TPSA) is 80.2 Å². The fourth-order valence-electron chi connectivity index (χ4n) is 2.89. The van der Waals surface area contributed by atoms with Crippen molar-refractivity contribution in [1.82, 2.24) is 15.2 Å². The van der Waals surface area contributed by atoms with Crippen LogP contribution in [0.2, 0.25) is 0 Å². The summed E-state index contributed by atoms with van der Waals surface area (Å²) in [6.07, 6.45) is 1.64. The minimum absolute atomic E-state index is 0.214. The number of rotatable bonds is 8. The second-order valence-electron chi connectivity index (χ2n) is 6.74. The van der Waals surface area contributed by atoms with Crippen LogP contribution >= 0.6 is 0 Å². The number of hydrogen-bond donors (Lipinski definition) is 1. The summed E-state index contributed by atoms with van der Waals surface area (Å²) in [4.78, 5) is 19.0. The zero-order valence-electron chi connectivity index (χ0n) is 16.9. The number of esters is 1. The average Bonchev–Trinajstić information content (AvgIpc) is 2.73. The molecule has 1 aromatic heterocycles. The van der Waals surface area contributed by atoms with Gasteiger partial charge in [0.25, 0.3) is 0 Å². The fourth-order valence-corrected chi connectivity index (χ4v) is 2.89. The first-order chi connectivity index (χ1) is 14.1. The first-order valence-corrected chi connectivity index (χ1v) is 9.62. The molecule has 150 valence electrons. The van der Waals surface area contributed by atoms with E-state index < -0.39 is 5.97 Å². The number of aromatic nitrogens is 3. The van der Waals surface area contributed by atoms with E-state index in [0.717, 1.165) is 0 Å². The van der Waals surface area contributed by atoms with Crippen molar-refractivity contribution in [3.05, 3.63) is 71.9 Å². The number of benzene rings is 2. The summed E-state index contributed by atoms with van der Waals surface area (Å²) in [7, 11) is 0. The summed E-state index contributed by atoms with van der Waals surface area (Å²) in [5.41, 5.74) is 2.18. The second kappa shape index (κ2) is 9.64. The maximum atomic E-state index is 12.2. The van der Waals surface area contributed by atoms with Gasteiger partial charge in [0.05, 0.1) is 24.1 Å². The van der Waals surface area contributed by atoms with Crippen LogP contribution in [0.3, 0.4) is 0 Å². The second-order valence-corrected chi connectivity index (χ2v) is 6.74. The molecule has 0 atom stereocenters. The standard InChI is InChI=1S/C22H25N5O2/c1-4-29-21(28)18-12-8-9-13-19(18)24-22-25-20(14-23-26-22)27(16(2)3)15-17-10-6-5-7-11-17/h5-14,16H,4,15H2,1-3H3,(H,24,25,26). The third-order valence-electron chi connectivity index (χ3n) is 4.33. The molecule has 1 heterocycles. The van der Waals surface area contributed by atoms with Crippen LogP contribution in [0.15, 0.2) is 60.8 Å². The van der Waals surface area contributed by atoms with E-state index in [-0.39, 0.29) is 6.04 Å². The highest BCUT2D eigenvalue weighted by Crippen LogP contribution is 2.22. The lowest BCUT2D eigenvalue weighted by Gasteiger charge is -2.27. The molecule has 0 fully saturated rings. The summed E-state index contributed by atoms with van der Waals surface area (Å²) in [5.74, 6) is 0.625. The van der Waals surface area contributed by atoms with Crippen molar-refractivity contribution in [1.29, 1.82) is 0 Å². The van der Waals surface area contributed by atoms with Gasteiger partial charge in [-0.3, -0.25) is 0 Å². The van der Waals surface area contributed by atoms with Crippen LogP contribution in [0.5, 0.6) is 0 Å². The zero-order chi connectivity index (χ0) is 20.6. The number of nitrogens with zero attached hydrogens (tertiary/aromatic N) is 4. The normalized spacial score (nSPS) is 10.6. The number of hydrogen-bond acceptors (Lipinski definition) is 7. The minimum Gasteiger partial charge on any atom is -0.462 e. The molecule has 7 heteroatoms. The molecule has 0 aliphatic rings. The van der Waals surface area contributed by atoms with Crippen LogP contribution in [0.4, 0.5) is 17.5 Å². The lowest BCUT2D eigenvalue weighted by molar-refractivity contribution is 0.0527. The molecule has 0 unspecified atom stereocenters. The molecule has 1 N–H and O–H groups in total. The average molecular weight is 391 g/mol. The first kappa shape index (κ1) is 20.3. The van der Waals surface area contributed by atoms with Gasteiger partial charge >= 0.3 is 5.97 Å². The summed E-state index contributed by atoms with van der Waals surface area (Å²) < 4.78 is 5.12. The van der Waals surface area contributed by atoms with Crippen LogP contribution in [0.1, 0.15) is 36.7 Å². The van der Waals surface area contributed by atoms with E-state index in [9.17, 15) is 4.79 Å². The van der Waals surface area contributed by atoms with E-state index in [0.29, 0.717) is 36.2 Å². The van der Waals surface area contributed by atoms with Gasteiger partial charge in [-0.1, -0.05) is 42.5 Å². The Balaban J connectivity index is 1.85. The van der Waals surface area contributed by atoms with E-state index in [1.807, 2.05) is 24.3 Å². The van der Waals surface area contributed by atoms with Gasteiger partial charge in [-0.05, 0) is 38.5 Å². The molecule has 7 nitrogen and oxygen atoms in total. The molecule has 0 bridgehead atoms. The van der Waals surface area contributed by atoms with Gasteiger partial charge in [-0.2, -0.15) is 10.1 Å².